The molecule has 1 amide bonds. The van der Waals surface area contributed by atoms with Crippen LogP contribution in [0.1, 0.15) is 17.4 Å². The molecular formula is C8H12N8O. The average Bonchev–Trinajstić information content (AvgIpc) is 2.95. The van der Waals surface area contributed by atoms with Gasteiger partial charge in [-0.1, -0.05) is 5.21 Å². The number of hydrogen-bond donors (Lipinski definition) is 3. The standard InChI is InChI=1S/C8H12N8O/c1-16-4-5(2-11-16)7(9)8(17)10-3-6-12-14-15-13-6/h2,4,7H,3,9H2,1H3,(H,10,17)(H,12,13,14,15). The number of carbonyl (C=O) groups is 1. The van der Waals surface area contributed by atoms with E-state index in [9.17, 15) is 4.79 Å². The van der Waals surface area contributed by atoms with Gasteiger partial charge in [0.05, 0.1) is 12.7 Å². The monoisotopic (exact) mass is 236 g/mol. The summed E-state index contributed by atoms with van der Waals surface area (Å²) in [4.78, 5) is 11.7. The van der Waals surface area contributed by atoms with Crippen LogP contribution in [0.25, 0.3) is 0 Å². The molecule has 0 aromatic carbocycles. The molecule has 2 rings (SSSR count). The zero-order valence-electron chi connectivity index (χ0n) is 9.16. The molecule has 2 heterocycles. The molecule has 2 aromatic heterocycles. The smallest absolute Gasteiger partial charge is 0.242 e. The normalized spacial score (nSPS) is 12.4. The molecule has 1 atom stereocenters. The second-order valence-corrected chi connectivity index (χ2v) is 3.47. The summed E-state index contributed by atoms with van der Waals surface area (Å²) >= 11 is 0. The quantitative estimate of drug-likeness (QED) is 0.577. The van der Waals surface area contributed by atoms with Gasteiger partial charge in [0.2, 0.25) is 5.91 Å². The van der Waals surface area contributed by atoms with E-state index in [0.717, 1.165) is 0 Å². The summed E-state index contributed by atoms with van der Waals surface area (Å²) in [5, 5.41) is 19.6. The maximum Gasteiger partial charge on any atom is 0.242 e. The Hall–Kier alpha value is -2.29. The number of aromatic amines is 1. The van der Waals surface area contributed by atoms with Gasteiger partial charge in [-0.25, -0.2) is 0 Å². The van der Waals surface area contributed by atoms with Gasteiger partial charge in [0.1, 0.15) is 6.04 Å². The number of H-pyrrole nitrogens is 1. The third-order valence-electron chi connectivity index (χ3n) is 2.18. The number of tetrazole rings is 1. The number of amides is 1. The van der Waals surface area contributed by atoms with E-state index in [4.69, 9.17) is 5.73 Å². The lowest BCUT2D eigenvalue weighted by atomic mass is 10.1. The average molecular weight is 236 g/mol. The van der Waals surface area contributed by atoms with Gasteiger partial charge < -0.3 is 11.1 Å². The molecule has 0 radical (unpaired) electrons. The van der Waals surface area contributed by atoms with Crippen molar-refractivity contribution in [2.45, 2.75) is 12.6 Å². The van der Waals surface area contributed by atoms with Crippen LogP contribution < -0.4 is 11.1 Å². The van der Waals surface area contributed by atoms with Crippen molar-refractivity contribution in [3.05, 3.63) is 23.8 Å². The predicted octanol–water partition coefficient (Wildman–Crippen LogP) is -1.75. The van der Waals surface area contributed by atoms with Gasteiger partial charge in [0.15, 0.2) is 5.82 Å². The van der Waals surface area contributed by atoms with Crippen LogP contribution in [0.15, 0.2) is 12.4 Å². The highest BCUT2D eigenvalue weighted by Crippen LogP contribution is 2.08. The highest BCUT2D eigenvalue weighted by molar-refractivity contribution is 5.82. The van der Waals surface area contributed by atoms with E-state index in [-0.39, 0.29) is 12.5 Å². The predicted molar refractivity (Wildman–Crippen MR) is 56.2 cm³/mol. The van der Waals surface area contributed by atoms with E-state index in [1.54, 1.807) is 24.1 Å². The molecule has 4 N–H and O–H groups in total. The minimum Gasteiger partial charge on any atom is -0.347 e. The van der Waals surface area contributed by atoms with Crippen molar-refractivity contribution >= 4 is 5.91 Å². The molecule has 0 aliphatic heterocycles. The zero-order valence-corrected chi connectivity index (χ0v) is 9.16. The van der Waals surface area contributed by atoms with E-state index < -0.39 is 6.04 Å². The lowest BCUT2D eigenvalue weighted by molar-refractivity contribution is -0.122. The lowest BCUT2D eigenvalue weighted by Gasteiger charge is -2.08. The molecule has 0 saturated heterocycles. The van der Waals surface area contributed by atoms with Crippen molar-refractivity contribution in [3.63, 3.8) is 0 Å². The third kappa shape index (κ3) is 2.64. The summed E-state index contributed by atoms with van der Waals surface area (Å²) in [6.45, 7) is 0.184. The first-order valence-corrected chi connectivity index (χ1v) is 4.91. The molecule has 9 heteroatoms. The number of carbonyl (C=O) groups excluding carboxylic acids is 1. The largest absolute Gasteiger partial charge is 0.347 e. The zero-order chi connectivity index (χ0) is 12.3. The Labute approximate surface area is 96.4 Å². The summed E-state index contributed by atoms with van der Waals surface area (Å²) in [6.07, 6.45) is 3.25. The summed E-state index contributed by atoms with van der Waals surface area (Å²) in [6, 6.07) is -0.754. The molecule has 0 aliphatic carbocycles. The van der Waals surface area contributed by atoms with Crippen LogP contribution >= 0.6 is 0 Å². The molecule has 2 aromatic rings. The molecule has 0 aliphatic rings. The Balaban J connectivity index is 1.91. The Morgan fingerprint density at radius 2 is 2.53 bits per heavy atom. The maximum atomic E-state index is 11.7. The van der Waals surface area contributed by atoms with Gasteiger partial charge >= 0.3 is 0 Å². The minimum absolute atomic E-state index is 0.184. The summed E-state index contributed by atoms with van der Waals surface area (Å²) < 4.78 is 1.58. The van der Waals surface area contributed by atoms with E-state index in [1.807, 2.05) is 0 Å². The highest BCUT2D eigenvalue weighted by atomic mass is 16.2. The highest BCUT2D eigenvalue weighted by Gasteiger charge is 2.17. The molecule has 0 fully saturated rings. The van der Waals surface area contributed by atoms with Crippen molar-refractivity contribution in [1.29, 1.82) is 0 Å². The minimum atomic E-state index is -0.754. The molecule has 0 saturated carbocycles. The van der Waals surface area contributed by atoms with Crippen molar-refractivity contribution in [2.24, 2.45) is 12.8 Å². The SMILES string of the molecule is Cn1cc(C(N)C(=O)NCc2nn[nH]n2)cn1. The summed E-state index contributed by atoms with van der Waals surface area (Å²) in [7, 11) is 1.76. The Morgan fingerprint density at radius 3 is 3.12 bits per heavy atom. The fraction of sp³-hybridized carbons (Fsp3) is 0.375. The molecule has 1 unspecified atom stereocenters. The van der Waals surface area contributed by atoms with Crippen molar-refractivity contribution in [1.82, 2.24) is 35.7 Å². The second kappa shape index (κ2) is 4.70. The van der Waals surface area contributed by atoms with Crippen molar-refractivity contribution in [3.8, 4) is 0 Å². The van der Waals surface area contributed by atoms with Crippen LogP contribution in [-0.4, -0.2) is 36.3 Å². The molecule has 17 heavy (non-hydrogen) atoms. The molecule has 90 valence electrons. The molecule has 0 spiro atoms. The topological polar surface area (TPSA) is 127 Å². The Kier molecular flexibility index (Phi) is 3.10. The van der Waals surface area contributed by atoms with Crippen LogP contribution in [0.3, 0.4) is 0 Å². The maximum absolute atomic E-state index is 11.7. The van der Waals surface area contributed by atoms with Gasteiger partial charge in [-0.3, -0.25) is 9.48 Å². The number of nitrogens with zero attached hydrogens (tertiary/aromatic N) is 5. The van der Waals surface area contributed by atoms with Crippen LogP contribution in [0.2, 0.25) is 0 Å². The van der Waals surface area contributed by atoms with Gasteiger partial charge in [0, 0.05) is 18.8 Å². The van der Waals surface area contributed by atoms with Crippen LogP contribution in [0, 0.1) is 0 Å². The van der Waals surface area contributed by atoms with Gasteiger partial charge in [0.25, 0.3) is 0 Å². The van der Waals surface area contributed by atoms with E-state index in [1.165, 1.54) is 0 Å². The number of nitrogens with one attached hydrogen (secondary N) is 2. The molecule has 0 bridgehead atoms. The number of hydrogen-bond acceptors (Lipinski definition) is 6. The van der Waals surface area contributed by atoms with Gasteiger partial charge in [-0.05, 0) is 0 Å². The number of nitrogens with two attached hydrogens (primary N) is 1. The van der Waals surface area contributed by atoms with Crippen LogP contribution in [0.5, 0.6) is 0 Å². The van der Waals surface area contributed by atoms with Gasteiger partial charge in [-0.2, -0.15) is 10.3 Å². The van der Waals surface area contributed by atoms with E-state index in [2.05, 4.69) is 31.0 Å². The number of rotatable bonds is 4. The van der Waals surface area contributed by atoms with Crippen molar-refractivity contribution in [2.75, 3.05) is 0 Å². The fourth-order valence-electron chi connectivity index (χ4n) is 1.29. The first kappa shape index (κ1) is 11.2. The summed E-state index contributed by atoms with van der Waals surface area (Å²) in [5.41, 5.74) is 6.41. The first-order valence-electron chi connectivity index (χ1n) is 4.91. The van der Waals surface area contributed by atoms with E-state index in [0.29, 0.717) is 11.4 Å². The van der Waals surface area contributed by atoms with Crippen LogP contribution in [0.4, 0.5) is 0 Å². The number of aryl methyl sites for hydroxylation is 1. The second-order valence-electron chi connectivity index (χ2n) is 3.47. The lowest BCUT2D eigenvalue weighted by Crippen LogP contribution is -2.33. The molecular weight excluding hydrogens is 224 g/mol. The third-order valence-corrected chi connectivity index (χ3v) is 2.18. The summed E-state index contributed by atoms with van der Waals surface area (Å²) in [5.74, 6) is 0.0829. The van der Waals surface area contributed by atoms with Crippen molar-refractivity contribution < 1.29 is 4.79 Å². The van der Waals surface area contributed by atoms with Crippen LogP contribution in [-0.2, 0) is 18.4 Å². The van der Waals surface area contributed by atoms with Gasteiger partial charge in [-0.15, -0.1) is 10.2 Å². The fourth-order valence-corrected chi connectivity index (χ4v) is 1.29. The number of aromatic nitrogens is 6. The molecule has 9 nitrogen and oxygen atoms in total. The van der Waals surface area contributed by atoms with E-state index >= 15 is 0 Å². The Bertz CT molecular complexity index is 489. The first-order chi connectivity index (χ1) is 8.16. The Morgan fingerprint density at radius 1 is 1.71 bits per heavy atom.